The second-order valence-electron chi connectivity index (χ2n) is 8.46. The molecule has 0 radical (unpaired) electrons. The van der Waals surface area contributed by atoms with Gasteiger partial charge in [-0.25, -0.2) is 10.0 Å². The van der Waals surface area contributed by atoms with E-state index in [1.807, 2.05) is 65.6 Å². The van der Waals surface area contributed by atoms with Crippen LogP contribution in [0.25, 0.3) is 0 Å². The first-order chi connectivity index (χ1) is 16.0. The zero-order valence-corrected chi connectivity index (χ0v) is 19.2. The van der Waals surface area contributed by atoms with Gasteiger partial charge < -0.3 is 9.64 Å². The lowest BCUT2D eigenvalue weighted by molar-refractivity contribution is -0.127. The number of amidine groups is 1. The zero-order chi connectivity index (χ0) is 23.2. The minimum Gasteiger partial charge on any atom is -0.379 e. The van der Waals surface area contributed by atoms with Crippen molar-refractivity contribution in [1.29, 1.82) is 0 Å². The van der Waals surface area contributed by atoms with Crippen molar-refractivity contribution in [2.45, 2.75) is 32.5 Å². The van der Waals surface area contributed by atoms with Gasteiger partial charge in [0, 0.05) is 32.2 Å². The molecule has 1 saturated heterocycles. The highest BCUT2D eigenvalue weighted by molar-refractivity contribution is 6.39. The summed E-state index contributed by atoms with van der Waals surface area (Å²) in [5.41, 5.74) is 4.70. The van der Waals surface area contributed by atoms with Crippen molar-refractivity contribution in [2.75, 3.05) is 37.9 Å². The monoisotopic (exact) mass is 449 g/mol. The fraction of sp³-hybridized carbons (Fsp3) is 0.400. The molecule has 4 rings (SSSR count). The van der Waals surface area contributed by atoms with E-state index in [-0.39, 0.29) is 23.7 Å². The topological polar surface area (TPSA) is 77.5 Å². The van der Waals surface area contributed by atoms with Crippen LogP contribution in [0.5, 0.6) is 0 Å². The first-order valence-electron chi connectivity index (χ1n) is 11.4. The summed E-state index contributed by atoms with van der Waals surface area (Å²) in [6, 6.07) is 18.5. The van der Waals surface area contributed by atoms with Gasteiger partial charge >= 0.3 is 0 Å². The predicted molar refractivity (Wildman–Crippen MR) is 128 cm³/mol. The van der Waals surface area contributed by atoms with E-state index >= 15 is 0 Å². The van der Waals surface area contributed by atoms with Crippen LogP contribution < -0.4 is 10.4 Å². The van der Waals surface area contributed by atoms with Gasteiger partial charge in [0.15, 0.2) is 0 Å². The van der Waals surface area contributed by atoms with E-state index < -0.39 is 6.04 Å². The van der Waals surface area contributed by atoms with E-state index in [1.165, 1.54) is 5.01 Å². The SMILES string of the molecule is CC1N=C(C(=O)N(Cc2ccccc2)C(C)CN2CCOCC2)NN(c2ccccc2)C1=O. The molecule has 0 aromatic heterocycles. The van der Waals surface area contributed by atoms with E-state index in [0.29, 0.717) is 25.4 Å². The van der Waals surface area contributed by atoms with Gasteiger partial charge in [0.05, 0.1) is 18.9 Å². The first-order valence-corrected chi connectivity index (χ1v) is 11.4. The number of carbonyl (C=O) groups is 2. The highest BCUT2D eigenvalue weighted by atomic mass is 16.5. The van der Waals surface area contributed by atoms with Gasteiger partial charge in [-0.15, -0.1) is 0 Å². The summed E-state index contributed by atoms with van der Waals surface area (Å²) in [4.78, 5) is 35.1. The van der Waals surface area contributed by atoms with E-state index in [2.05, 4.69) is 22.2 Å². The second-order valence-corrected chi connectivity index (χ2v) is 8.46. The average molecular weight is 450 g/mol. The summed E-state index contributed by atoms with van der Waals surface area (Å²) < 4.78 is 5.47. The van der Waals surface area contributed by atoms with Gasteiger partial charge in [-0.2, -0.15) is 0 Å². The van der Waals surface area contributed by atoms with E-state index in [9.17, 15) is 9.59 Å². The smallest absolute Gasteiger partial charge is 0.291 e. The lowest BCUT2D eigenvalue weighted by atomic mass is 10.1. The Bertz CT molecular complexity index is 976. The van der Waals surface area contributed by atoms with Crippen LogP contribution in [0.2, 0.25) is 0 Å². The maximum absolute atomic E-state index is 13.8. The lowest BCUT2D eigenvalue weighted by Gasteiger charge is -2.37. The lowest BCUT2D eigenvalue weighted by Crippen LogP contribution is -2.60. The molecule has 33 heavy (non-hydrogen) atoms. The standard InChI is InChI=1S/C25H31N5O3/c1-19(17-28-13-15-33-16-14-28)29(18-21-9-5-3-6-10-21)25(32)23-26-20(2)24(31)30(27-23)22-11-7-4-8-12-22/h3-12,19-20H,13-18H2,1-2H3,(H,26,27). The number of hydrogen-bond acceptors (Lipinski definition) is 6. The van der Waals surface area contributed by atoms with Crippen molar-refractivity contribution in [3.8, 4) is 0 Å². The number of anilines is 1. The van der Waals surface area contributed by atoms with Crippen molar-refractivity contribution in [2.24, 2.45) is 4.99 Å². The highest BCUT2D eigenvalue weighted by Gasteiger charge is 2.34. The van der Waals surface area contributed by atoms with Gasteiger partial charge in [-0.05, 0) is 31.5 Å². The zero-order valence-electron chi connectivity index (χ0n) is 19.2. The molecular formula is C25H31N5O3. The minimum absolute atomic E-state index is 0.0570. The molecule has 0 spiro atoms. The molecule has 1 fully saturated rings. The summed E-state index contributed by atoms with van der Waals surface area (Å²) in [6.45, 7) is 8.09. The Morgan fingerprint density at radius 3 is 2.42 bits per heavy atom. The van der Waals surface area contributed by atoms with Crippen LogP contribution in [-0.4, -0.2) is 72.4 Å². The molecule has 2 aromatic carbocycles. The number of hydrogen-bond donors (Lipinski definition) is 1. The third kappa shape index (κ3) is 5.58. The van der Waals surface area contributed by atoms with E-state index in [4.69, 9.17) is 4.74 Å². The Hall–Kier alpha value is -3.23. The van der Waals surface area contributed by atoms with Crippen LogP contribution >= 0.6 is 0 Å². The van der Waals surface area contributed by atoms with Crippen molar-refractivity contribution >= 4 is 23.3 Å². The van der Waals surface area contributed by atoms with E-state index in [0.717, 1.165) is 25.2 Å². The molecule has 2 amide bonds. The quantitative estimate of drug-likeness (QED) is 0.700. The average Bonchev–Trinajstić information content (AvgIpc) is 2.85. The molecule has 2 aliphatic heterocycles. The third-order valence-corrected chi connectivity index (χ3v) is 5.95. The number of nitrogens with zero attached hydrogens (tertiary/aromatic N) is 4. The number of rotatable bonds is 7. The Labute approximate surface area is 194 Å². The highest BCUT2D eigenvalue weighted by Crippen LogP contribution is 2.18. The van der Waals surface area contributed by atoms with Crippen molar-refractivity contribution in [3.05, 3.63) is 66.2 Å². The third-order valence-electron chi connectivity index (χ3n) is 5.95. The van der Waals surface area contributed by atoms with Crippen molar-refractivity contribution in [1.82, 2.24) is 15.2 Å². The van der Waals surface area contributed by atoms with Gasteiger partial charge in [-0.1, -0.05) is 48.5 Å². The molecule has 0 saturated carbocycles. The number of benzene rings is 2. The Morgan fingerprint density at radius 2 is 1.76 bits per heavy atom. The summed E-state index contributed by atoms with van der Waals surface area (Å²) >= 11 is 0. The van der Waals surface area contributed by atoms with Gasteiger partial charge in [0.2, 0.25) is 5.84 Å². The number of carbonyl (C=O) groups excluding carboxylic acids is 2. The summed E-state index contributed by atoms with van der Waals surface area (Å²) in [5.74, 6) is -0.246. The van der Waals surface area contributed by atoms with Crippen LogP contribution in [0.4, 0.5) is 5.69 Å². The number of para-hydroxylation sites is 1. The molecule has 2 aliphatic rings. The van der Waals surface area contributed by atoms with Crippen LogP contribution in [0.1, 0.15) is 19.4 Å². The number of aliphatic imine (C=N–C) groups is 1. The molecule has 174 valence electrons. The summed E-state index contributed by atoms with van der Waals surface area (Å²) in [6.07, 6.45) is 0. The molecular weight excluding hydrogens is 418 g/mol. The molecule has 2 unspecified atom stereocenters. The normalized spacial score (nSPS) is 20.1. The van der Waals surface area contributed by atoms with Crippen LogP contribution in [0, 0.1) is 0 Å². The van der Waals surface area contributed by atoms with Crippen LogP contribution in [0.15, 0.2) is 65.7 Å². The summed E-state index contributed by atoms with van der Waals surface area (Å²) in [5, 5.41) is 1.41. The van der Waals surface area contributed by atoms with Crippen LogP contribution in [0.3, 0.4) is 0 Å². The molecule has 2 aromatic rings. The molecule has 2 atom stereocenters. The van der Waals surface area contributed by atoms with Gasteiger partial charge in [0.25, 0.3) is 11.8 Å². The molecule has 8 heteroatoms. The Morgan fingerprint density at radius 1 is 1.12 bits per heavy atom. The molecule has 0 bridgehead atoms. The molecule has 2 heterocycles. The maximum atomic E-state index is 13.8. The largest absolute Gasteiger partial charge is 0.379 e. The number of nitrogens with one attached hydrogen (secondary N) is 1. The predicted octanol–water partition coefficient (Wildman–Crippen LogP) is 2.07. The van der Waals surface area contributed by atoms with Gasteiger partial charge in [0.1, 0.15) is 6.04 Å². The first kappa shape index (κ1) is 22.9. The Kier molecular flexibility index (Phi) is 7.36. The minimum atomic E-state index is -0.654. The molecule has 1 N–H and O–H groups in total. The van der Waals surface area contributed by atoms with Crippen molar-refractivity contribution in [3.63, 3.8) is 0 Å². The fourth-order valence-electron chi connectivity index (χ4n) is 4.10. The number of ether oxygens (including phenoxy) is 1. The van der Waals surface area contributed by atoms with Crippen molar-refractivity contribution < 1.29 is 14.3 Å². The second kappa shape index (κ2) is 10.6. The maximum Gasteiger partial charge on any atom is 0.291 e. The number of morpholine rings is 1. The van der Waals surface area contributed by atoms with Crippen LogP contribution in [-0.2, 0) is 20.9 Å². The fourth-order valence-corrected chi connectivity index (χ4v) is 4.10. The Balaban J connectivity index is 1.57. The summed E-state index contributed by atoms with van der Waals surface area (Å²) in [7, 11) is 0. The van der Waals surface area contributed by atoms with Gasteiger partial charge in [-0.3, -0.25) is 19.9 Å². The van der Waals surface area contributed by atoms with E-state index in [1.54, 1.807) is 6.92 Å². The molecule has 8 nitrogen and oxygen atoms in total. The molecule has 0 aliphatic carbocycles. The number of hydrazine groups is 1. The number of amides is 2.